The van der Waals surface area contributed by atoms with E-state index in [9.17, 15) is 9.59 Å². The molecule has 0 saturated carbocycles. The number of carboxylic acids is 1. The van der Waals surface area contributed by atoms with Gasteiger partial charge in [0.1, 0.15) is 0 Å². The summed E-state index contributed by atoms with van der Waals surface area (Å²) in [7, 11) is 0. The Bertz CT molecular complexity index is 1010. The molecule has 144 valence electrons. The lowest BCUT2D eigenvalue weighted by molar-refractivity contribution is -0.141. The number of urea groups is 1. The lowest BCUT2D eigenvalue weighted by Gasteiger charge is -2.17. The Hall–Kier alpha value is -3.35. The van der Waals surface area contributed by atoms with Crippen LogP contribution in [0.1, 0.15) is 17.5 Å². The van der Waals surface area contributed by atoms with Crippen LogP contribution >= 0.6 is 0 Å². The number of rotatable bonds is 5. The Balaban J connectivity index is 1.38. The summed E-state index contributed by atoms with van der Waals surface area (Å²) in [6.45, 7) is 1.87. The van der Waals surface area contributed by atoms with Crippen molar-refractivity contribution in [2.75, 3.05) is 13.1 Å². The van der Waals surface area contributed by atoms with Crippen molar-refractivity contribution in [1.29, 1.82) is 0 Å². The van der Waals surface area contributed by atoms with Crippen LogP contribution < -0.4 is 5.32 Å². The lowest BCUT2D eigenvalue weighted by Crippen LogP contribution is -2.38. The fourth-order valence-electron chi connectivity index (χ4n) is 3.61. The second-order valence-corrected chi connectivity index (χ2v) is 7.11. The smallest absolute Gasteiger partial charge is 0.317 e. The summed E-state index contributed by atoms with van der Waals surface area (Å²) in [4.78, 5) is 29.3. The number of carboxylic acid groups (broad SMARTS) is 1. The van der Waals surface area contributed by atoms with Crippen LogP contribution in [0.25, 0.3) is 11.0 Å². The third kappa shape index (κ3) is 3.83. The fraction of sp³-hybridized carbons (Fsp3) is 0.286. The lowest BCUT2D eigenvalue weighted by atomic mass is 10.1. The van der Waals surface area contributed by atoms with Crippen molar-refractivity contribution in [2.45, 2.75) is 19.5 Å². The predicted octanol–water partition coefficient (Wildman–Crippen LogP) is 2.70. The van der Waals surface area contributed by atoms with Crippen LogP contribution in [0.3, 0.4) is 0 Å². The Morgan fingerprint density at radius 1 is 1.14 bits per heavy atom. The van der Waals surface area contributed by atoms with Gasteiger partial charge in [0.25, 0.3) is 0 Å². The second-order valence-electron chi connectivity index (χ2n) is 7.11. The minimum atomic E-state index is -0.838. The largest absolute Gasteiger partial charge is 0.481 e. The summed E-state index contributed by atoms with van der Waals surface area (Å²) < 4.78 is 2.10. The number of para-hydroxylation sites is 2. The number of amides is 2. The average molecular weight is 378 g/mol. The van der Waals surface area contributed by atoms with Crippen molar-refractivity contribution >= 4 is 23.0 Å². The van der Waals surface area contributed by atoms with Crippen LogP contribution in [0, 0.1) is 5.92 Å². The molecule has 4 rings (SSSR count). The highest BCUT2D eigenvalue weighted by Gasteiger charge is 2.30. The van der Waals surface area contributed by atoms with E-state index in [0.29, 0.717) is 26.1 Å². The maximum Gasteiger partial charge on any atom is 0.317 e. The molecule has 7 heteroatoms. The number of aliphatic carboxylic acids is 1. The summed E-state index contributed by atoms with van der Waals surface area (Å²) in [6, 6.07) is 15.9. The number of nitrogens with zero attached hydrogens (tertiary/aromatic N) is 3. The second kappa shape index (κ2) is 7.72. The van der Waals surface area contributed by atoms with Crippen molar-refractivity contribution in [3.05, 3.63) is 66.0 Å². The summed E-state index contributed by atoms with van der Waals surface area (Å²) in [6.07, 6.45) is 2.35. The number of fused-ring (bicyclic) bond motifs is 1. The molecule has 1 unspecified atom stereocenters. The number of hydrogen-bond acceptors (Lipinski definition) is 3. The highest BCUT2D eigenvalue weighted by molar-refractivity contribution is 5.77. The van der Waals surface area contributed by atoms with Gasteiger partial charge in [0.2, 0.25) is 0 Å². The van der Waals surface area contributed by atoms with Gasteiger partial charge in [0, 0.05) is 26.2 Å². The number of aromatic nitrogens is 2. The highest BCUT2D eigenvalue weighted by atomic mass is 16.4. The number of carbonyl (C=O) groups is 2. The Morgan fingerprint density at radius 2 is 1.96 bits per heavy atom. The molecular formula is C21H22N4O3. The first kappa shape index (κ1) is 18.0. The van der Waals surface area contributed by atoms with Gasteiger partial charge in [0.15, 0.2) is 0 Å². The van der Waals surface area contributed by atoms with Gasteiger partial charge in [-0.3, -0.25) is 4.79 Å². The first-order valence-electron chi connectivity index (χ1n) is 9.33. The van der Waals surface area contributed by atoms with Crippen LogP contribution in [0.4, 0.5) is 4.79 Å². The molecule has 0 bridgehead atoms. The SMILES string of the molecule is O=C(O)C1CCN(C(=O)NCc2cccc(Cn3cnc4ccccc43)c2)C1. The Labute approximate surface area is 162 Å². The molecule has 7 nitrogen and oxygen atoms in total. The van der Waals surface area contributed by atoms with E-state index in [4.69, 9.17) is 5.11 Å². The number of benzene rings is 2. The quantitative estimate of drug-likeness (QED) is 0.715. The third-order valence-electron chi connectivity index (χ3n) is 5.14. The zero-order valence-electron chi connectivity index (χ0n) is 15.4. The first-order chi connectivity index (χ1) is 13.6. The monoisotopic (exact) mass is 378 g/mol. The number of hydrogen-bond donors (Lipinski definition) is 2. The van der Waals surface area contributed by atoms with Gasteiger partial charge in [0.05, 0.1) is 23.3 Å². The van der Waals surface area contributed by atoms with Gasteiger partial charge in [-0.25, -0.2) is 9.78 Å². The molecule has 1 aliphatic heterocycles. The molecule has 3 aromatic rings. The van der Waals surface area contributed by atoms with Gasteiger partial charge in [-0.2, -0.15) is 0 Å². The van der Waals surface area contributed by atoms with Gasteiger partial charge >= 0.3 is 12.0 Å². The molecule has 2 N–H and O–H groups in total. The number of imidazole rings is 1. The van der Waals surface area contributed by atoms with E-state index in [0.717, 1.165) is 22.2 Å². The number of nitrogens with one attached hydrogen (secondary N) is 1. The maximum absolute atomic E-state index is 12.3. The average Bonchev–Trinajstić information content (AvgIpc) is 3.35. The zero-order chi connectivity index (χ0) is 19.5. The summed E-state index contributed by atoms with van der Waals surface area (Å²) >= 11 is 0. The molecule has 1 saturated heterocycles. The molecule has 2 aromatic carbocycles. The molecule has 0 aliphatic carbocycles. The molecule has 1 atom stereocenters. The Kier molecular flexibility index (Phi) is 4.97. The molecule has 1 aromatic heterocycles. The zero-order valence-corrected chi connectivity index (χ0v) is 15.4. The molecule has 1 aliphatic rings. The maximum atomic E-state index is 12.3. The van der Waals surface area contributed by atoms with E-state index in [-0.39, 0.29) is 12.6 Å². The Morgan fingerprint density at radius 3 is 2.79 bits per heavy atom. The topological polar surface area (TPSA) is 87.5 Å². The van der Waals surface area contributed by atoms with Crippen molar-refractivity contribution in [2.24, 2.45) is 5.92 Å². The van der Waals surface area contributed by atoms with E-state index in [1.807, 2.05) is 42.7 Å². The normalized spacial score (nSPS) is 16.4. The molecule has 1 fully saturated rings. The van der Waals surface area contributed by atoms with Crippen molar-refractivity contribution in [3.8, 4) is 0 Å². The molecule has 2 heterocycles. The standard InChI is InChI=1S/C21H22N4O3/c26-20(27)17-8-9-24(13-17)21(28)22-11-15-4-3-5-16(10-15)12-25-14-23-18-6-1-2-7-19(18)25/h1-7,10,14,17H,8-9,11-13H2,(H,22,28)(H,26,27). The fourth-order valence-corrected chi connectivity index (χ4v) is 3.61. The van der Waals surface area contributed by atoms with E-state index in [1.165, 1.54) is 0 Å². The minimum Gasteiger partial charge on any atom is -0.481 e. The van der Waals surface area contributed by atoms with Crippen molar-refractivity contribution in [1.82, 2.24) is 19.8 Å². The van der Waals surface area contributed by atoms with Crippen LogP contribution in [0.5, 0.6) is 0 Å². The highest BCUT2D eigenvalue weighted by Crippen LogP contribution is 2.17. The van der Waals surface area contributed by atoms with Crippen molar-refractivity contribution in [3.63, 3.8) is 0 Å². The van der Waals surface area contributed by atoms with Crippen LogP contribution in [0.2, 0.25) is 0 Å². The van der Waals surface area contributed by atoms with Gasteiger partial charge in [-0.1, -0.05) is 36.4 Å². The number of carbonyl (C=O) groups excluding carboxylic acids is 1. The molecule has 28 heavy (non-hydrogen) atoms. The van der Waals surface area contributed by atoms with Gasteiger partial charge in [-0.15, -0.1) is 0 Å². The summed E-state index contributed by atoms with van der Waals surface area (Å²) in [5, 5.41) is 11.9. The van der Waals surface area contributed by atoms with E-state index in [1.54, 1.807) is 4.90 Å². The van der Waals surface area contributed by atoms with Gasteiger partial charge < -0.3 is 19.9 Å². The van der Waals surface area contributed by atoms with Gasteiger partial charge in [-0.05, 0) is 29.7 Å². The molecule has 0 spiro atoms. The van der Waals surface area contributed by atoms with Crippen LogP contribution in [-0.2, 0) is 17.9 Å². The van der Waals surface area contributed by atoms with Crippen molar-refractivity contribution < 1.29 is 14.7 Å². The first-order valence-corrected chi connectivity index (χ1v) is 9.33. The number of likely N-dealkylation sites (tertiary alicyclic amines) is 1. The third-order valence-corrected chi connectivity index (χ3v) is 5.14. The minimum absolute atomic E-state index is 0.213. The molecular weight excluding hydrogens is 356 g/mol. The van der Waals surface area contributed by atoms with E-state index in [2.05, 4.69) is 27.0 Å². The van der Waals surface area contributed by atoms with E-state index >= 15 is 0 Å². The van der Waals surface area contributed by atoms with E-state index < -0.39 is 11.9 Å². The van der Waals surface area contributed by atoms with Crippen LogP contribution in [-0.4, -0.2) is 44.6 Å². The molecule has 0 radical (unpaired) electrons. The van der Waals surface area contributed by atoms with Crippen LogP contribution in [0.15, 0.2) is 54.9 Å². The predicted molar refractivity (Wildman–Crippen MR) is 105 cm³/mol. The molecule has 2 amide bonds. The summed E-state index contributed by atoms with van der Waals surface area (Å²) in [5.41, 5.74) is 4.19. The summed E-state index contributed by atoms with van der Waals surface area (Å²) in [5.74, 6) is -1.30.